The molecule has 118 valence electrons. The van der Waals surface area contributed by atoms with Crippen LogP contribution in [0.15, 0.2) is 42.9 Å². The van der Waals surface area contributed by atoms with Crippen molar-refractivity contribution in [2.24, 2.45) is 0 Å². The lowest BCUT2D eigenvalue weighted by Gasteiger charge is -2.07. The van der Waals surface area contributed by atoms with E-state index in [1.54, 1.807) is 13.3 Å². The average Bonchev–Trinajstić information content (AvgIpc) is 2.95. The summed E-state index contributed by atoms with van der Waals surface area (Å²) in [4.78, 5) is 20.3. The molecule has 0 aliphatic heterocycles. The number of hydrogen-bond acceptors (Lipinski definition) is 4. The molecule has 0 radical (unpaired) electrons. The van der Waals surface area contributed by atoms with Crippen LogP contribution in [0.3, 0.4) is 0 Å². The van der Waals surface area contributed by atoms with Crippen molar-refractivity contribution in [3.8, 4) is 0 Å². The molecule has 6 heteroatoms. The minimum Gasteiger partial charge on any atom is -0.383 e. The van der Waals surface area contributed by atoms with Crippen molar-refractivity contribution in [3.05, 3.63) is 54.2 Å². The lowest BCUT2D eigenvalue weighted by molar-refractivity contribution is 0.102. The summed E-state index contributed by atoms with van der Waals surface area (Å²) in [5, 5.41) is 3.91. The third-order valence-electron chi connectivity index (χ3n) is 3.58. The fraction of sp³-hybridized carbons (Fsp3) is 0.235. The summed E-state index contributed by atoms with van der Waals surface area (Å²) in [6, 6.07) is 7.83. The zero-order chi connectivity index (χ0) is 16.2. The number of hydrogen-bond donors (Lipinski definition) is 1. The first-order valence-electron chi connectivity index (χ1n) is 7.35. The van der Waals surface area contributed by atoms with E-state index in [9.17, 15) is 4.79 Å². The first-order chi connectivity index (χ1) is 11.2. The Hall–Kier alpha value is -2.73. The van der Waals surface area contributed by atoms with Gasteiger partial charge in [-0.15, -0.1) is 0 Å². The molecule has 3 rings (SSSR count). The third kappa shape index (κ3) is 3.37. The van der Waals surface area contributed by atoms with Gasteiger partial charge in [-0.3, -0.25) is 9.78 Å². The van der Waals surface area contributed by atoms with Gasteiger partial charge in [0.1, 0.15) is 5.69 Å². The van der Waals surface area contributed by atoms with Gasteiger partial charge in [0.05, 0.1) is 18.5 Å². The average molecular weight is 310 g/mol. The Morgan fingerprint density at radius 1 is 1.26 bits per heavy atom. The van der Waals surface area contributed by atoms with Crippen molar-refractivity contribution in [2.75, 3.05) is 19.0 Å². The van der Waals surface area contributed by atoms with E-state index in [-0.39, 0.29) is 5.91 Å². The predicted octanol–water partition coefficient (Wildman–Crippen LogP) is 2.64. The molecule has 0 aliphatic rings. The van der Waals surface area contributed by atoms with Crippen molar-refractivity contribution >= 4 is 22.5 Å². The molecule has 0 bridgehead atoms. The fourth-order valence-corrected chi connectivity index (χ4v) is 2.37. The number of aryl methyl sites for hydroxylation is 1. The first kappa shape index (κ1) is 15.2. The Morgan fingerprint density at radius 3 is 2.87 bits per heavy atom. The molecular weight excluding hydrogens is 292 g/mol. The zero-order valence-electron chi connectivity index (χ0n) is 13.1. The maximum absolute atomic E-state index is 12.2. The number of methoxy groups -OCH3 is 1. The summed E-state index contributed by atoms with van der Waals surface area (Å²) < 4.78 is 7.23. The van der Waals surface area contributed by atoms with Gasteiger partial charge in [0.15, 0.2) is 0 Å². The predicted molar refractivity (Wildman–Crippen MR) is 88.5 cm³/mol. The number of aromatic nitrogens is 3. The van der Waals surface area contributed by atoms with E-state index in [1.165, 1.54) is 6.20 Å². The van der Waals surface area contributed by atoms with Crippen LogP contribution in [0, 0.1) is 6.92 Å². The van der Waals surface area contributed by atoms with Crippen LogP contribution in [0.5, 0.6) is 0 Å². The largest absolute Gasteiger partial charge is 0.383 e. The molecule has 1 aromatic carbocycles. The normalized spacial score (nSPS) is 10.9. The van der Waals surface area contributed by atoms with Gasteiger partial charge in [0, 0.05) is 42.6 Å². The molecule has 2 heterocycles. The van der Waals surface area contributed by atoms with Crippen LogP contribution < -0.4 is 5.32 Å². The zero-order valence-corrected chi connectivity index (χ0v) is 13.1. The molecule has 0 saturated heterocycles. The Bertz CT molecular complexity index is 824. The number of nitrogens with zero attached hydrogens (tertiary/aromatic N) is 3. The number of anilines is 1. The van der Waals surface area contributed by atoms with Crippen LogP contribution in [-0.4, -0.2) is 34.2 Å². The minimum absolute atomic E-state index is 0.268. The van der Waals surface area contributed by atoms with Crippen molar-refractivity contribution in [1.29, 1.82) is 0 Å². The van der Waals surface area contributed by atoms with E-state index in [2.05, 4.69) is 19.9 Å². The highest BCUT2D eigenvalue weighted by atomic mass is 16.5. The number of benzene rings is 1. The Morgan fingerprint density at radius 2 is 2.13 bits per heavy atom. The van der Waals surface area contributed by atoms with Gasteiger partial charge < -0.3 is 14.6 Å². The summed E-state index contributed by atoms with van der Waals surface area (Å²) in [7, 11) is 1.69. The van der Waals surface area contributed by atoms with Gasteiger partial charge in [-0.1, -0.05) is 0 Å². The summed E-state index contributed by atoms with van der Waals surface area (Å²) in [5.74, 6) is -0.268. The number of ether oxygens (including phenoxy) is 1. The molecule has 23 heavy (non-hydrogen) atoms. The highest BCUT2D eigenvalue weighted by Gasteiger charge is 2.09. The lowest BCUT2D eigenvalue weighted by atomic mass is 10.2. The van der Waals surface area contributed by atoms with Crippen molar-refractivity contribution in [2.45, 2.75) is 13.5 Å². The Kier molecular flexibility index (Phi) is 4.34. The highest BCUT2D eigenvalue weighted by molar-refractivity contribution is 6.03. The molecule has 3 aromatic rings. The summed E-state index contributed by atoms with van der Waals surface area (Å²) in [6.07, 6.45) is 5.07. The van der Waals surface area contributed by atoms with Crippen LogP contribution in [0.2, 0.25) is 0 Å². The number of nitrogens with one attached hydrogen (secondary N) is 1. The second-order valence-electron chi connectivity index (χ2n) is 5.27. The first-order valence-corrected chi connectivity index (χ1v) is 7.35. The fourth-order valence-electron chi connectivity index (χ4n) is 2.37. The monoisotopic (exact) mass is 310 g/mol. The molecule has 0 atom stereocenters. The van der Waals surface area contributed by atoms with Crippen molar-refractivity contribution in [1.82, 2.24) is 14.5 Å². The smallest absolute Gasteiger partial charge is 0.275 e. The van der Waals surface area contributed by atoms with Gasteiger partial charge in [0.25, 0.3) is 5.91 Å². The maximum Gasteiger partial charge on any atom is 0.275 e. The molecule has 0 aliphatic carbocycles. The molecule has 0 spiro atoms. The second kappa shape index (κ2) is 6.58. The molecule has 6 nitrogen and oxygen atoms in total. The Labute approximate surface area is 134 Å². The third-order valence-corrected chi connectivity index (χ3v) is 3.58. The summed E-state index contributed by atoms with van der Waals surface area (Å²) in [6.45, 7) is 3.29. The standard InChI is InChI=1S/C17H18N4O2/c1-12-10-19-15(11-18-12)17(22)20-14-3-4-16-13(9-14)5-6-21(16)7-8-23-2/h3-6,9-11H,7-8H2,1-2H3,(H,20,22). The quantitative estimate of drug-likeness (QED) is 0.786. The highest BCUT2D eigenvalue weighted by Crippen LogP contribution is 2.21. The molecule has 2 aromatic heterocycles. The maximum atomic E-state index is 12.2. The minimum atomic E-state index is -0.268. The molecule has 0 unspecified atom stereocenters. The van der Waals surface area contributed by atoms with Gasteiger partial charge in [-0.05, 0) is 31.2 Å². The topological polar surface area (TPSA) is 69.0 Å². The molecule has 0 fully saturated rings. The van der Waals surface area contributed by atoms with Gasteiger partial charge in [0.2, 0.25) is 0 Å². The number of carbonyl (C=O) groups is 1. The molecule has 0 saturated carbocycles. The van der Waals surface area contributed by atoms with E-state index in [0.717, 1.165) is 28.8 Å². The van der Waals surface area contributed by atoms with E-state index in [1.807, 2.05) is 37.4 Å². The number of carbonyl (C=O) groups excluding carboxylic acids is 1. The van der Waals surface area contributed by atoms with E-state index in [0.29, 0.717) is 12.3 Å². The number of fused-ring (bicyclic) bond motifs is 1. The van der Waals surface area contributed by atoms with E-state index < -0.39 is 0 Å². The van der Waals surface area contributed by atoms with Crippen LogP contribution in [0.4, 0.5) is 5.69 Å². The van der Waals surface area contributed by atoms with Crippen LogP contribution in [0.25, 0.3) is 10.9 Å². The second-order valence-corrected chi connectivity index (χ2v) is 5.27. The lowest BCUT2D eigenvalue weighted by Crippen LogP contribution is -2.14. The molecule has 1 N–H and O–H groups in total. The van der Waals surface area contributed by atoms with Crippen LogP contribution in [-0.2, 0) is 11.3 Å². The van der Waals surface area contributed by atoms with Crippen molar-refractivity contribution < 1.29 is 9.53 Å². The Balaban J connectivity index is 1.78. The van der Waals surface area contributed by atoms with Gasteiger partial charge in [-0.2, -0.15) is 0 Å². The van der Waals surface area contributed by atoms with Crippen LogP contribution in [0.1, 0.15) is 16.2 Å². The summed E-state index contributed by atoms with van der Waals surface area (Å²) >= 11 is 0. The molecular formula is C17H18N4O2. The van der Waals surface area contributed by atoms with Gasteiger partial charge >= 0.3 is 0 Å². The van der Waals surface area contributed by atoms with E-state index >= 15 is 0 Å². The van der Waals surface area contributed by atoms with E-state index in [4.69, 9.17) is 4.74 Å². The number of amides is 1. The summed E-state index contributed by atoms with van der Waals surface area (Å²) in [5.41, 5.74) is 2.92. The van der Waals surface area contributed by atoms with Crippen molar-refractivity contribution in [3.63, 3.8) is 0 Å². The van der Waals surface area contributed by atoms with Crippen LogP contribution >= 0.6 is 0 Å². The SMILES string of the molecule is COCCn1ccc2cc(NC(=O)c3cnc(C)cn3)ccc21. The van der Waals surface area contributed by atoms with Gasteiger partial charge in [-0.25, -0.2) is 4.98 Å². The molecule has 1 amide bonds. The number of rotatable bonds is 5.